The second kappa shape index (κ2) is 2.10. The second-order valence-electron chi connectivity index (χ2n) is 1.95. The first-order chi connectivity index (χ1) is 4.57. The summed E-state index contributed by atoms with van der Waals surface area (Å²) in [4.78, 5) is 21.0. The number of nitrogens with one attached hydrogen (secondary N) is 1. The van der Waals surface area contributed by atoms with Crippen molar-refractivity contribution in [2.24, 2.45) is 0 Å². The Bertz CT molecular complexity index is 195. The lowest BCUT2D eigenvalue weighted by Gasteiger charge is -2.09. The van der Waals surface area contributed by atoms with Gasteiger partial charge in [0, 0.05) is 0 Å². The molecule has 1 aliphatic heterocycles. The standard InChI is InChI=1S/C4H5ClN2O3/c5-7(4(9)10)2-1-6-3(7)8/h1-2H2,(H-,6,8,9,10)/p+1. The lowest BCUT2D eigenvalue weighted by Crippen LogP contribution is -2.45. The number of rotatable bonds is 0. The zero-order valence-electron chi connectivity index (χ0n) is 5.00. The van der Waals surface area contributed by atoms with Crippen LogP contribution in [0.3, 0.4) is 0 Å². The van der Waals surface area contributed by atoms with E-state index < -0.39 is 16.1 Å². The number of halogens is 1. The van der Waals surface area contributed by atoms with E-state index in [9.17, 15) is 9.59 Å². The van der Waals surface area contributed by atoms with Crippen molar-refractivity contribution >= 4 is 23.9 Å². The minimum atomic E-state index is -1.34. The van der Waals surface area contributed by atoms with E-state index in [4.69, 9.17) is 16.9 Å². The Kier molecular flexibility index (Phi) is 1.53. The summed E-state index contributed by atoms with van der Waals surface area (Å²) in [5.74, 6) is 0. The predicted octanol–water partition coefficient (Wildman–Crippen LogP) is 0.358. The highest BCUT2D eigenvalue weighted by molar-refractivity contribution is 6.17. The molecule has 0 aromatic carbocycles. The third-order valence-corrected chi connectivity index (χ3v) is 1.79. The van der Waals surface area contributed by atoms with Crippen molar-refractivity contribution in [3.05, 3.63) is 0 Å². The first-order valence-electron chi connectivity index (χ1n) is 2.67. The summed E-state index contributed by atoms with van der Waals surface area (Å²) in [7, 11) is 0. The van der Waals surface area contributed by atoms with Crippen molar-refractivity contribution in [3.63, 3.8) is 0 Å². The molecular weight excluding hydrogens is 160 g/mol. The molecule has 0 aliphatic carbocycles. The predicted molar refractivity (Wildman–Crippen MR) is 32.4 cm³/mol. The molecule has 1 atom stereocenters. The Morgan fingerprint density at radius 3 is 2.60 bits per heavy atom. The van der Waals surface area contributed by atoms with Crippen molar-refractivity contribution in [1.29, 1.82) is 0 Å². The van der Waals surface area contributed by atoms with E-state index in [1.165, 1.54) is 0 Å². The van der Waals surface area contributed by atoms with Crippen molar-refractivity contribution in [3.8, 4) is 0 Å². The molecular formula is C4H6ClN2O3+. The average Bonchev–Trinajstić information content (AvgIpc) is 2.15. The van der Waals surface area contributed by atoms with Gasteiger partial charge in [0.05, 0.1) is 6.54 Å². The summed E-state index contributed by atoms with van der Waals surface area (Å²) in [5, 5.41) is 10.7. The molecule has 0 saturated carbocycles. The van der Waals surface area contributed by atoms with Gasteiger partial charge in [0.2, 0.25) is 0 Å². The van der Waals surface area contributed by atoms with Crippen LogP contribution >= 0.6 is 11.8 Å². The van der Waals surface area contributed by atoms with Crippen LogP contribution in [0.25, 0.3) is 0 Å². The van der Waals surface area contributed by atoms with Gasteiger partial charge in [-0.3, -0.25) is 5.32 Å². The van der Waals surface area contributed by atoms with Crippen LogP contribution in [0.5, 0.6) is 0 Å². The number of hydrogen-bond acceptors (Lipinski definition) is 2. The largest absolute Gasteiger partial charge is 0.541 e. The van der Waals surface area contributed by atoms with Crippen LogP contribution in [0.15, 0.2) is 0 Å². The minimum absolute atomic E-state index is 0.0930. The summed E-state index contributed by atoms with van der Waals surface area (Å²) in [5.41, 5.74) is 0. The number of carboxylic acid groups (broad SMARTS) is 1. The number of quaternary nitrogens is 1. The molecule has 0 aromatic rings. The molecule has 2 N–H and O–H groups in total. The lowest BCUT2D eigenvalue weighted by molar-refractivity contribution is -0.637. The van der Waals surface area contributed by atoms with Crippen LogP contribution in [0.2, 0.25) is 0 Å². The summed E-state index contributed by atoms with van der Waals surface area (Å²) in [6, 6.07) is -0.672. The second-order valence-corrected chi connectivity index (χ2v) is 2.53. The Hall–Kier alpha value is -0.810. The Morgan fingerprint density at radius 1 is 1.80 bits per heavy atom. The van der Waals surface area contributed by atoms with Crippen molar-refractivity contribution in [2.75, 3.05) is 13.1 Å². The van der Waals surface area contributed by atoms with E-state index in [2.05, 4.69) is 5.32 Å². The molecule has 1 heterocycles. The lowest BCUT2D eigenvalue weighted by atomic mass is 10.6. The van der Waals surface area contributed by atoms with E-state index in [1.54, 1.807) is 0 Å². The Labute approximate surface area is 61.9 Å². The highest BCUT2D eigenvalue weighted by Gasteiger charge is 2.49. The van der Waals surface area contributed by atoms with Gasteiger partial charge in [-0.15, -0.1) is 0 Å². The normalized spacial score (nSPS) is 31.9. The summed E-state index contributed by atoms with van der Waals surface area (Å²) >= 11 is 5.38. The zero-order chi connectivity index (χ0) is 7.78. The smallest absolute Gasteiger partial charge is 0.434 e. The average molecular weight is 166 g/mol. The van der Waals surface area contributed by atoms with Gasteiger partial charge in [-0.05, 0) is 4.00 Å². The number of nitrogens with zero attached hydrogens (tertiary/aromatic N) is 1. The molecule has 0 bridgehead atoms. The van der Waals surface area contributed by atoms with Gasteiger partial charge in [0.1, 0.15) is 6.54 Å². The van der Waals surface area contributed by atoms with Crippen LogP contribution in [-0.2, 0) is 0 Å². The molecule has 10 heavy (non-hydrogen) atoms. The van der Waals surface area contributed by atoms with Crippen molar-refractivity contribution < 1.29 is 18.7 Å². The molecule has 0 aromatic heterocycles. The van der Waals surface area contributed by atoms with Gasteiger partial charge < -0.3 is 5.11 Å². The molecule has 6 heteroatoms. The van der Waals surface area contributed by atoms with Crippen LogP contribution in [0.4, 0.5) is 9.59 Å². The molecule has 5 nitrogen and oxygen atoms in total. The maximum atomic E-state index is 10.7. The van der Waals surface area contributed by atoms with Gasteiger partial charge in [0.15, 0.2) is 11.8 Å². The number of hydrogen-bond donors (Lipinski definition) is 2. The highest BCUT2D eigenvalue weighted by atomic mass is 35.5. The maximum Gasteiger partial charge on any atom is 0.541 e. The van der Waals surface area contributed by atoms with E-state index in [0.29, 0.717) is 6.54 Å². The molecule has 3 amide bonds. The monoisotopic (exact) mass is 165 g/mol. The van der Waals surface area contributed by atoms with Crippen LogP contribution in [0.1, 0.15) is 0 Å². The highest BCUT2D eigenvalue weighted by Crippen LogP contribution is 2.16. The first kappa shape index (κ1) is 7.30. The number of carbonyl (C=O) groups is 2. The molecule has 0 spiro atoms. The molecule has 0 radical (unpaired) electrons. The third-order valence-electron chi connectivity index (χ3n) is 1.32. The van der Waals surface area contributed by atoms with Gasteiger partial charge in [-0.25, -0.2) is 4.79 Å². The first-order valence-corrected chi connectivity index (χ1v) is 3.01. The Balaban J connectivity index is 2.86. The number of urea groups is 1. The summed E-state index contributed by atoms with van der Waals surface area (Å²) in [6.45, 7) is 0.407. The quantitative estimate of drug-likeness (QED) is 0.510. The molecule has 56 valence electrons. The van der Waals surface area contributed by atoms with E-state index in [-0.39, 0.29) is 6.54 Å². The molecule has 1 fully saturated rings. The van der Waals surface area contributed by atoms with Gasteiger partial charge in [-0.1, -0.05) is 0 Å². The summed E-state index contributed by atoms with van der Waals surface area (Å²) < 4.78 is -1.07. The number of imide groups is 1. The van der Waals surface area contributed by atoms with E-state index >= 15 is 0 Å². The SMILES string of the molecule is O=C(O)[N+]1(Cl)CCNC1=O. The van der Waals surface area contributed by atoms with Crippen molar-refractivity contribution in [2.45, 2.75) is 0 Å². The number of amides is 3. The fraction of sp³-hybridized carbons (Fsp3) is 0.500. The van der Waals surface area contributed by atoms with E-state index in [0.717, 1.165) is 0 Å². The molecule has 1 saturated heterocycles. The minimum Gasteiger partial charge on any atom is -0.434 e. The summed E-state index contributed by atoms with van der Waals surface area (Å²) in [6.07, 6.45) is -1.34. The maximum absolute atomic E-state index is 10.7. The molecule has 1 unspecified atom stereocenters. The number of carbonyl (C=O) groups excluding carboxylic acids is 1. The van der Waals surface area contributed by atoms with Crippen LogP contribution in [0, 0.1) is 0 Å². The van der Waals surface area contributed by atoms with Gasteiger partial charge >= 0.3 is 12.1 Å². The fourth-order valence-electron chi connectivity index (χ4n) is 0.726. The molecule has 1 rings (SSSR count). The molecule has 1 aliphatic rings. The van der Waals surface area contributed by atoms with Gasteiger partial charge in [-0.2, -0.15) is 4.79 Å². The fourth-order valence-corrected chi connectivity index (χ4v) is 0.871. The Morgan fingerprint density at radius 2 is 2.40 bits per heavy atom. The van der Waals surface area contributed by atoms with Crippen molar-refractivity contribution in [1.82, 2.24) is 5.32 Å². The van der Waals surface area contributed by atoms with Gasteiger partial charge in [0.25, 0.3) is 0 Å². The topological polar surface area (TPSA) is 66.4 Å². The zero-order valence-corrected chi connectivity index (χ0v) is 5.76. The van der Waals surface area contributed by atoms with Crippen LogP contribution in [-0.4, -0.2) is 34.3 Å². The van der Waals surface area contributed by atoms with Crippen LogP contribution < -0.4 is 5.32 Å². The van der Waals surface area contributed by atoms with E-state index in [1.807, 2.05) is 0 Å². The third kappa shape index (κ3) is 0.833.